The summed E-state index contributed by atoms with van der Waals surface area (Å²) in [5.41, 5.74) is 1.52. The highest BCUT2D eigenvalue weighted by Gasteiger charge is 2.19. The van der Waals surface area contributed by atoms with Gasteiger partial charge in [-0.1, -0.05) is 25.0 Å². The van der Waals surface area contributed by atoms with Gasteiger partial charge in [-0.2, -0.15) is 0 Å². The second-order valence-corrected chi connectivity index (χ2v) is 6.34. The van der Waals surface area contributed by atoms with Gasteiger partial charge in [0.25, 0.3) is 5.91 Å². The number of carbonyl (C=O) groups is 1. The zero-order valence-electron chi connectivity index (χ0n) is 14.7. The molecule has 2 aromatic rings. The van der Waals surface area contributed by atoms with E-state index in [0.717, 1.165) is 24.2 Å². The normalized spacial score (nSPS) is 14.3. The minimum atomic E-state index is -0.120. The van der Waals surface area contributed by atoms with Crippen LogP contribution in [0.25, 0.3) is 0 Å². The average Bonchev–Trinajstić information content (AvgIpc) is 3.13. The van der Waals surface area contributed by atoms with Crippen molar-refractivity contribution >= 4 is 11.7 Å². The third kappa shape index (κ3) is 4.68. The maximum Gasteiger partial charge on any atom is 0.270 e. The summed E-state index contributed by atoms with van der Waals surface area (Å²) in [6.45, 7) is 2.41. The van der Waals surface area contributed by atoms with E-state index in [9.17, 15) is 4.79 Å². The molecule has 0 aliphatic heterocycles. The van der Waals surface area contributed by atoms with E-state index < -0.39 is 0 Å². The topological polar surface area (TPSA) is 76.1 Å². The summed E-state index contributed by atoms with van der Waals surface area (Å²) in [7, 11) is 1.65. The van der Waals surface area contributed by atoms with Crippen molar-refractivity contribution in [1.29, 1.82) is 0 Å². The van der Waals surface area contributed by atoms with Gasteiger partial charge in [-0.3, -0.25) is 4.79 Å². The molecule has 0 radical (unpaired) electrons. The van der Waals surface area contributed by atoms with Crippen LogP contribution in [0.5, 0.6) is 5.75 Å². The molecule has 6 nitrogen and oxygen atoms in total. The maximum atomic E-state index is 12.4. The molecule has 1 aromatic carbocycles. The van der Waals surface area contributed by atoms with Gasteiger partial charge in [0.05, 0.1) is 7.11 Å². The quantitative estimate of drug-likeness (QED) is 0.845. The maximum absolute atomic E-state index is 12.4. The van der Waals surface area contributed by atoms with Crippen LogP contribution in [0, 0.1) is 6.92 Å². The molecule has 1 saturated carbocycles. The fourth-order valence-corrected chi connectivity index (χ4v) is 3.04. The number of hydrogen-bond acceptors (Lipinski definition) is 5. The largest absolute Gasteiger partial charge is 0.497 e. The van der Waals surface area contributed by atoms with Crippen molar-refractivity contribution in [2.24, 2.45) is 0 Å². The minimum absolute atomic E-state index is 0.120. The van der Waals surface area contributed by atoms with Crippen LogP contribution in [0.2, 0.25) is 0 Å². The molecule has 0 atom stereocenters. The lowest BCUT2D eigenvalue weighted by Crippen LogP contribution is -2.33. The number of nitrogens with zero attached hydrogens (tertiary/aromatic N) is 2. The summed E-state index contributed by atoms with van der Waals surface area (Å²) >= 11 is 0. The molecule has 0 bridgehead atoms. The van der Waals surface area contributed by atoms with Crippen molar-refractivity contribution in [3.05, 3.63) is 47.4 Å². The third-order valence-electron chi connectivity index (χ3n) is 4.39. The highest BCUT2D eigenvalue weighted by Crippen LogP contribution is 2.18. The molecule has 1 heterocycles. The number of methoxy groups -OCH3 is 1. The fourth-order valence-electron chi connectivity index (χ4n) is 3.04. The Morgan fingerprint density at radius 2 is 1.92 bits per heavy atom. The average molecular weight is 340 g/mol. The van der Waals surface area contributed by atoms with Gasteiger partial charge in [-0.15, -0.1) is 0 Å². The SMILES string of the molecule is COc1ccc(CNc2cc(C(=O)NC3CCCC3)nc(C)n2)cc1. The number of nitrogens with one attached hydrogen (secondary N) is 2. The van der Waals surface area contributed by atoms with Crippen molar-refractivity contribution in [3.63, 3.8) is 0 Å². The fraction of sp³-hybridized carbons (Fsp3) is 0.421. The van der Waals surface area contributed by atoms with E-state index in [-0.39, 0.29) is 11.9 Å². The molecule has 1 aromatic heterocycles. The van der Waals surface area contributed by atoms with Crippen molar-refractivity contribution in [3.8, 4) is 5.75 Å². The highest BCUT2D eigenvalue weighted by atomic mass is 16.5. The van der Waals surface area contributed by atoms with E-state index in [2.05, 4.69) is 20.6 Å². The second kappa shape index (κ2) is 7.96. The molecule has 3 rings (SSSR count). The van der Waals surface area contributed by atoms with Crippen molar-refractivity contribution in [2.75, 3.05) is 12.4 Å². The Labute approximate surface area is 148 Å². The number of rotatable bonds is 6. The lowest BCUT2D eigenvalue weighted by Gasteiger charge is -2.13. The molecule has 1 amide bonds. The predicted molar refractivity (Wildman–Crippen MR) is 96.8 cm³/mol. The molecule has 1 fully saturated rings. The molecular formula is C19H24N4O2. The summed E-state index contributed by atoms with van der Waals surface area (Å²) in [6.07, 6.45) is 4.47. The highest BCUT2D eigenvalue weighted by molar-refractivity contribution is 5.93. The summed E-state index contributed by atoms with van der Waals surface area (Å²) in [6, 6.07) is 9.81. The number of ether oxygens (including phenoxy) is 1. The van der Waals surface area contributed by atoms with E-state index in [1.165, 1.54) is 12.8 Å². The van der Waals surface area contributed by atoms with Gasteiger partial charge in [-0.05, 0) is 37.5 Å². The van der Waals surface area contributed by atoms with Crippen LogP contribution in [0.15, 0.2) is 30.3 Å². The molecule has 25 heavy (non-hydrogen) atoms. The Hall–Kier alpha value is -2.63. The first-order valence-corrected chi connectivity index (χ1v) is 8.67. The lowest BCUT2D eigenvalue weighted by molar-refractivity contribution is 0.0932. The molecule has 0 spiro atoms. The van der Waals surface area contributed by atoms with Crippen molar-refractivity contribution in [2.45, 2.75) is 45.2 Å². The standard InChI is InChI=1S/C19H24N4O2/c1-13-21-17(19(24)23-15-5-3-4-6-15)11-18(22-13)20-12-14-7-9-16(25-2)10-8-14/h7-11,15H,3-6,12H2,1-2H3,(H,23,24)(H,20,21,22). The predicted octanol–water partition coefficient (Wildman–Crippen LogP) is 3.08. The Kier molecular flexibility index (Phi) is 5.48. The Morgan fingerprint density at radius 3 is 2.60 bits per heavy atom. The number of amides is 1. The number of hydrogen-bond donors (Lipinski definition) is 2. The van der Waals surface area contributed by atoms with E-state index in [0.29, 0.717) is 23.9 Å². The Morgan fingerprint density at radius 1 is 1.20 bits per heavy atom. The lowest BCUT2D eigenvalue weighted by atomic mass is 10.2. The van der Waals surface area contributed by atoms with Gasteiger partial charge in [0.1, 0.15) is 23.1 Å². The molecule has 0 unspecified atom stereocenters. The van der Waals surface area contributed by atoms with Gasteiger partial charge in [0, 0.05) is 18.7 Å². The van der Waals surface area contributed by atoms with Crippen molar-refractivity contribution in [1.82, 2.24) is 15.3 Å². The first-order chi connectivity index (χ1) is 12.1. The van der Waals surface area contributed by atoms with Gasteiger partial charge in [0.2, 0.25) is 0 Å². The molecule has 132 valence electrons. The van der Waals surface area contributed by atoms with Gasteiger partial charge in [0.15, 0.2) is 0 Å². The van der Waals surface area contributed by atoms with E-state index in [1.807, 2.05) is 24.3 Å². The zero-order valence-corrected chi connectivity index (χ0v) is 14.7. The van der Waals surface area contributed by atoms with Crippen LogP contribution in [-0.2, 0) is 6.54 Å². The molecule has 2 N–H and O–H groups in total. The number of aromatic nitrogens is 2. The van der Waals surface area contributed by atoms with Crippen LogP contribution in [0.3, 0.4) is 0 Å². The Balaban J connectivity index is 1.64. The second-order valence-electron chi connectivity index (χ2n) is 6.34. The number of aryl methyl sites for hydroxylation is 1. The van der Waals surface area contributed by atoms with Crippen molar-refractivity contribution < 1.29 is 9.53 Å². The van der Waals surface area contributed by atoms with E-state index >= 15 is 0 Å². The molecule has 0 saturated heterocycles. The van der Waals surface area contributed by atoms with E-state index in [4.69, 9.17) is 4.74 Å². The number of carbonyl (C=O) groups excluding carboxylic acids is 1. The van der Waals surface area contributed by atoms with Crippen LogP contribution < -0.4 is 15.4 Å². The van der Waals surface area contributed by atoms with Gasteiger partial charge >= 0.3 is 0 Å². The summed E-state index contributed by atoms with van der Waals surface area (Å²) in [5.74, 6) is 1.94. The van der Waals surface area contributed by atoms with Crippen LogP contribution in [0.1, 0.15) is 47.6 Å². The monoisotopic (exact) mass is 340 g/mol. The number of benzene rings is 1. The molecular weight excluding hydrogens is 316 g/mol. The summed E-state index contributed by atoms with van der Waals surface area (Å²) in [5, 5.41) is 6.32. The Bertz CT molecular complexity index is 725. The first kappa shape index (κ1) is 17.2. The number of anilines is 1. The van der Waals surface area contributed by atoms with E-state index in [1.54, 1.807) is 20.1 Å². The summed E-state index contributed by atoms with van der Waals surface area (Å²) < 4.78 is 5.16. The zero-order chi connectivity index (χ0) is 17.6. The first-order valence-electron chi connectivity index (χ1n) is 8.67. The molecule has 1 aliphatic carbocycles. The van der Waals surface area contributed by atoms with Crippen LogP contribution in [0.4, 0.5) is 5.82 Å². The van der Waals surface area contributed by atoms with Gasteiger partial charge in [-0.25, -0.2) is 9.97 Å². The molecule has 6 heteroatoms. The van der Waals surface area contributed by atoms with Crippen LogP contribution >= 0.6 is 0 Å². The van der Waals surface area contributed by atoms with Crippen LogP contribution in [-0.4, -0.2) is 29.0 Å². The minimum Gasteiger partial charge on any atom is -0.497 e. The third-order valence-corrected chi connectivity index (χ3v) is 4.39. The van der Waals surface area contributed by atoms with Gasteiger partial charge < -0.3 is 15.4 Å². The molecule has 1 aliphatic rings. The summed E-state index contributed by atoms with van der Waals surface area (Å²) in [4.78, 5) is 21.1. The smallest absolute Gasteiger partial charge is 0.270 e.